The van der Waals surface area contributed by atoms with Gasteiger partial charge < -0.3 is 0 Å². The van der Waals surface area contributed by atoms with Gasteiger partial charge in [0.2, 0.25) is 20.0 Å². The number of hydrogen-bond acceptors (Lipinski definition) is 4. The Bertz CT molecular complexity index is 1130. The van der Waals surface area contributed by atoms with Crippen LogP contribution in [0.3, 0.4) is 0 Å². The minimum Gasteiger partial charge on any atom is -0.207 e. The third-order valence-corrected chi connectivity index (χ3v) is 10.1. The summed E-state index contributed by atoms with van der Waals surface area (Å²) in [5.74, 6) is 0. The van der Waals surface area contributed by atoms with E-state index in [2.05, 4.69) is 0 Å². The molecular formula is C28H38N2O4S2. The minimum absolute atomic E-state index is 0.325. The summed E-state index contributed by atoms with van der Waals surface area (Å²) < 4.78 is 56.0. The van der Waals surface area contributed by atoms with Crippen LogP contribution < -0.4 is 0 Å². The molecule has 0 fully saturated rings. The standard InChI is InChI=1S/C28H38N2O4S2/c1-25-13-17-27(18-14-25)35(31,32)29-21-9-5-3-7-11-23-30(24-12-8-4-6-10-22-29)36(33,34)28-19-15-26(2)16-20-28/h5,8-9,12-20H,3-4,6-7,10-11,21-24H2,1-2H3/b9-5+,12-8+. The second-order valence-corrected chi connectivity index (χ2v) is 13.2. The van der Waals surface area contributed by atoms with Crippen LogP contribution in [-0.4, -0.2) is 51.6 Å². The van der Waals surface area contributed by atoms with E-state index in [-0.39, 0.29) is 0 Å². The van der Waals surface area contributed by atoms with Crippen LogP contribution in [0.1, 0.15) is 49.7 Å². The van der Waals surface area contributed by atoms with E-state index < -0.39 is 20.0 Å². The zero-order chi connectivity index (χ0) is 26.0. The fourth-order valence-electron chi connectivity index (χ4n) is 4.06. The lowest BCUT2D eigenvalue weighted by molar-refractivity contribution is 0.425. The van der Waals surface area contributed by atoms with E-state index in [0.717, 1.165) is 49.7 Å². The molecule has 36 heavy (non-hydrogen) atoms. The lowest BCUT2D eigenvalue weighted by Crippen LogP contribution is -2.32. The monoisotopic (exact) mass is 530 g/mol. The maximum absolute atomic E-state index is 13.2. The highest BCUT2D eigenvalue weighted by molar-refractivity contribution is 7.89. The first-order valence-corrected chi connectivity index (χ1v) is 15.5. The van der Waals surface area contributed by atoms with E-state index in [1.807, 2.05) is 62.4 Å². The number of sulfonamides is 2. The van der Waals surface area contributed by atoms with E-state index in [4.69, 9.17) is 0 Å². The van der Waals surface area contributed by atoms with E-state index >= 15 is 0 Å². The molecule has 3 rings (SSSR count). The van der Waals surface area contributed by atoms with Crippen molar-refractivity contribution in [2.75, 3.05) is 26.2 Å². The molecule has 6 nitrogen and oxygen atoms in total. The van der Waals surface area contributed by atoms with Gasteiger partial charge >= 0.3 is 0 Å². The average Bonchev–Trinajstić information content (AvgIpc) is 2.84. The van der Waals surface area contributed by atoms with Crippen molar-refractivity contribution < 1.29 is 16.8 Å². The Kier molecular flexibility index (Phi) is 10.5. The molecule has 0 radical (unpaired) electrons. The van der Waals surface area contributed by atoms with Crippen molar-refractivity contribution in [2.45, 2.75) is 62.2 Å². The van der Waals surface area contributed by atoms with Gasteiger partial charge in [0.25, 0.3) is 0 Å². The fraction of sp³-hybridized carbons (Fsp3) is 0.429. The molecule has 1 aliphatic rings. The summed E-state index contributed by atoms with van der Waals surface area (Å²) in [6.45, 7) is 5.44. The van der Waals surface area contributed by atoms with Gasteiger partial charge in [-0.15, -0.1) is 0 Å². The Morgan fingerprint density at radius 3 is 1.25 bits per heavy atom. The Morgan fingerprint density at radius 2 is 0.889 bits per heavy atom. The van der Waals surface area contributed by atoms with Crippen molar-refractivity contribution >= 4 is 20.0 Å². The van der Waals surface area contributed by atoms with Crippen molar-refractivity contribution in [1.29, 1.82) is 0 Å². The molecule has 0 saturated carbocycles. The molecule has 0 atom stereocenters. The number of rotatable bonds is 4. The van der Waals surface area contributed by atoms with Crippen molar-refractivity contribution in [1.82, 2.24) is 8.61 Å². The van der Waals surface area contributed by atoms with Crippen molar-refractivity contribution in [3.63, 3.8) is 0 Å². The number of nitrogens with zero attached hydrogens (tertiary/aromatic N) is 2. The molecule has 0 bridgehead atoms. The highest BCUT2D eigenvalue weighted by atomic mass is 32.2. The van der Waals surface area contributed by atoms with E-state index in [9.17, 15) is 16.8 Å². The third kappa shape index (κ3) is 7.87. The molecule has 0 saturated heterocycles. The summed E-state index contributed by atoms with van der Waals surface area (Å²) in [5, 5.41) is 0. The van der Waals surface area contributed by atoms with E-state index in [1.54, 1.807) is 32.9 Å². The van der Waals surface area contributed by atoms with Gasteiger partial charge in [-0.2, -0.15) is 8.61 Å². The first-order valence-electron chi connectivity index (χ1n) is 12.6. The second-order valence-electron chi connectivity index (χ2n) is 9.29. The molecule has 196 valence electrons. The minimum atomic E-state index is -3.56. The van der Waals surface area contributed by atoms with Gasteiger partial charge in [0.15, 0.2) is 0 Å². The van der Waals surface area contributed by atoms with Gasteiger partial charge in [-0.25, -0.2) is 16.8 Å². The lowest BCUT2D eigenvalue weighted by Gasteiger charge is -2.22. The predicted octanol–water partition coefficient (Wildman–Crippen LogP) is 5.45. The average molecular weight is 531 g/mol. The van der Waals surface area contributed by atoms with Crippen molar-refractivity contribution in [3.8, 4) is 0 Å². The second kappa shape index (κ2) is 13.3. The summed E-state index contributed by atoms with van der Waals surface area (Å²) in [7, 11) is -7.12. The van der Waals surface area contributed by atoms with Crippen LogP contribution in [0.25, 0.3) is 0 Å². The summed E-state index contributed by atoms with van der Waals surface area (Å²) >= 11 is 0. The Morgan fingerprint density at radius 1 is 0.528 bits per heavy atom. The SMILES string of the molecule is Cc1ccc(S(=O)(=O)N2C/C=C/CCCCN(S(=O)(=O)c3ccc(C)cc3)C/C=C/CCCC2)cc1. The lowest BCUT2D eigenvalue weighted by atomic mass is 10.2. The molecule has 0 spiro atoms. The van der Waals surface area contributed by atoms with Crippen LogP contribution in [0.2, 0.25) is 0 Å². The smallest absolute Gasteiger partial charge is 0.207 e. The van der Waals surface area contributed by atoms with Crippen molar-refractivity contribution in [3.05, 3.63) is 84.0 Å². The fourth-order valence-corrected chi connectivity index (χ4v) is 6.92. The molecule has 0 unspecified atom stereocenters. The van der Waals surface area contributed by atoms with Gasteiger partial charge in [-0.1, -0.05) is 59.7 Å². The molecule has 1 heterocycles. The number of benzene rings is 2. The first kappa shape index (κ1) is 28.3. The summed E-state index contributed by atoms with van der Waals surface area (Å²) in [6.07, 6.45) is 12.5. The van der Waals surface area contributed by atoms with E-state index in [1.165, 1.54) is 0 Å². The first-order chi connectivity index (χ1) is 17.2. The molecule has 0 N–H and O–H groups in total. The molecule has 1 aliphatic heterocycles. The number of allylic oxidation sites excluding steroid dienone is 2. The summed E-state index contributed by atoms with van der Waals surface area (Å²) in [5.41, 5.74) is 2.05. The topological polar surface area (TPSA) is 74.8 Å². The molecule has 8 heteroatoms. The van der Waals surface area contributed by atoms with Crippen LogP contribution in [-0.2, 0) is 20.0 Å². The highest BCUT2D eigenvalue weighted by Gasteiger charge is 2.24. The quantitative estimate of drug-likeness (QED) is 0.493. The molecule has 0 aromatic heterocycles. The highest BCUT2D eigenvalue weighted by Crippen LogP contribution is 2.19. The Labute approximate surface area is 217 Å². The molecule has 2 aromatic carbocycles. The molecular weight excluding hydrogens is 492 g/mol. The van der Waals surface area contributed by atoms with Gasteiger partial charge in [-0.3, -0.25) is 0 Å². The summed E-state index contributed by atoms with van der Waals surface area (Å²) in [6, 6.07) is 14.0. The molecule has 2 aromatic rings. The third-order valence-electron chi connectivity index (χ3n) is 6.33. The van der Waals surface area contributed by atoms with Gasteiger partial charge in [0.1, 0.15) is 0 Å². The van der Waals surface area contributed by atoms with Crippen molar-refractivity contribution in [2.24, 2.45) is 0 Å². The maximum atomic E-state index is 13.2. The van der Waals surface area contributed by atoms with Gasteiger partial charge in [0.05, 0.1) is 9.79 Å². The number of aryl methyl sites for hydroxylation is 2. The van der Waals surface area contributed by atoms with Gasteiger partial charge in [0, 0.05) is 26.2 Å². The zero-order valence-corrected chi connectivity index (χ0v) is 23.0. The van der Waals surface area contributed by atoms with Crippen LogP contribution in [0, 0.1) is 13.8 Å². The zero-order valence-electron chi connectivity index (χ0n) is 21.3. The van der Waals surface area contributed by atoms with Crippen LogP contribution >= 0.6 is 0 Å². The van der Waals surface area contributed by atoms with Crippen LogP contribution in [0.5, 0.6) is 0 Å². The summed E-state index contributed by atoms with van der Waals surface area (Å²) in [4.78, 5) is 0.649. The molecule has 0 aliphatic carbocycles. The van der Waals surface area contributed by atoms with Crippen LogP contribution in [0.15, 0.2) is 82.6 Å². The normalized spacial score (nSPS) is 20.1. The largest absolute Gasteiger partial charge is 0.243 e. The van der Waals surface area contributed by atoms with E-state index in [0.29, 0.717) is 36.0 Å². The van der Waals surface area contributed by atoms with Crippen LogP contribution in [0.4, 0.5) is 0 Å². The predicted molar refractivity (Wildman–Crippen MR) is 146 cm³/mol. The Balaban J connectivity index is 1.68. The maximum Gasteiger partial charge on any atom is 0.243 e. The Hall–Kier alpha value is -2.26. The molecule has 0 amide bonds. The van der Waals surface area contributed by atoms with Gasteiger partial charge in [-0.05, 0) is 76.6 Å². The number of hydrogen-bond donors (Lipinski definition) is 0.